The van der Waals surface area contributed by atoms with Crippen LogP contribution in [0.4, 0.5) is 0 Å². The maximum atomic E-state index is 4.19. The number of nitrogens with one attached hydrogen (secondary N) is 1. The second-order valence-electron chi connectivity index (χ2n) is 4.25. The minimum Gasteiger partial charge on any atom is -0.313 e. The summed E-state index contributed by atoms with van der Waals surface area (Å²) in [6.45, 7) is 4.51. The van der Waals surface area contributed by atoms with Crippen molar-refractivity contribution in [2.75, 3.05) is 7.05 Å². The first-order valence-electron chi connectivity index (χ1n) is 5.41. The van der Waals surface area contributed by atoms with Gasteiger partial charge in [-0.3, -0.25) is 4.98 Å². The average molecular weight is 271 g/mol. The van der Waals surface area contributed by atoms with Crippen LogP contribution in [0.15, 0.2) is 22.9 Å². The summed E-state index contributed by atoms with van der Waals surface area (Å²) >= 11 is 3.45. The summed E-state index contributed by atoms with van der Waals surface area (Å²) in [7, 11) is 2.01. The smallest absolute Gasteiger partial charge is 0.0410 e. The van der Waals surface area contributed by atoms with Gasteiger partial charge in [0, 0.05) is 22.9 Å². The van der Waals surface area contributed by atoms with Crippen molar-refractivity contribution in [3.8, 4) is 0 Å². The van der Waals surface area contributed by atoms with Crippen LogP contribution in [-0.2, 0) is 0 Å². The third kappa shape index (κ3) is 4.31. The Bertz CT molecular complexity index is 299. The van der Waals surface area contributed by atoms with Crippen molar-refractivity contribution in [2.45, 2.75) is 32.7 Å². The monoisotopic (exact) mass is 270 g/mol. The number of halogens is 1. The van der Waals surface area contributed by atoms with E-state index in [2.05, 4.69) is 46.1 Å². The molecule has 84 valence electrons. The number of nitrogens with zero attached hydrogens (tertiary/aromatic N) is 1. The van der Waals surface area contributed by atoms with E-state index in [9.17, 15) is 0 Å². The molecule has 2 nitrogen and oxygen atoms in total. The summed E-state index contributed by atoms with van der Waals surface area (Å²) in [6.07, 6.45) is 6.15. The molecular formula is C12H19BrN2. The summed E-state index contributed by atoms with van der Waals surface area (Å²) in [5.41, 5.74) is 1.26. The van der Waals surface area contributed by atoms with Gasteiger partial charge in [-0.1, -0.05) is 13.8 Å². The van der Waals surface area contributed by atoms with Gasteiger partial charge in [-0.15, -0.1) is 0 Å². The Kier molecular flexibility index (Phi) is 5.26. The molecular weight excluding hydrogens is 252 g/mol. The number of aromatic nitrogens is 1. The Morgan fingerprint density at radius 3 is 2.60 bits per heavy atom. The molecule has 0 saturated carbocycles. The molecule has 3 heteroatoms. The Balaban J connectivity index is 2.65. The maximum Gasteiger partial charge on any atom is 0.0410 e. The Morgan fingerprint density at radius 1 is 1.33 bits per heavy atom. The number of pyridine rings is 1. The summed E-state index contributed by atoms with van der Waals surface area (Å²) in [5.74, 6) is 0.751. The molecule has 1 rings (SSSR count). The van der Waals surface area contributed by atoms with Crippen molar-refractivity contribution in [3.63, 3.8) is 0 Å². The van der Waals surface area contributed by atoms with Crippen LogP contribution >= 0.6 is 15.9 Å². The molecule has 0 saturated heterocycles. The molecule has 1 aromatic heterocycles. The Morgan fingerprint density at radius 2 is 2.07 bits per heavy atom. The van der Waals surface area contributed by atoms with Gasteiger partial charge < -0.3 is 5.32 Å². The fourth-order valence-electron chi connectivity index (χ4n) is 1.60. The quantitative estimate of drug-likeness (QED) is 0.886. The van der Waals surface area contributed by atoms with Crippen LogP contribution in [0.1, 0.15) is 38.3 Å². The van der Waals surface area contributed by atoms with E-state index < -0.39 is 0 Å². The SMILES string of the molecule is CNC(CCC(C)C)c1cncc(Br)c1. The highest BCUT2D eigenvalue weighted by molar-refractivity contribution is 9.10. The molecule has 0 amide bonds. The van der Waals surface area contributed by atoms with Gasteiger partial charge in [-0.05, 0) is 53.4 Å². The van der Waals surface area contributed by atoms with Gasteiger partial charge in [-0.2, -0.15) is 0 Å². The maximum absolute atomic E-state index is 4.19. The summed E-state index contributed by atoms with van der Waals surface area (Å²) in [5, 5.41) is 3.34. The summed E-state index contributed by atoms with van der Waals surface area (Å²) < 4.78 is 1.05. The lowest BCUT2D eigenvalue weighted by Crippen LogP contribution is -2.17. The molecule has 0 aliphatic carbocycles. The molecule has 0 aromatic carbocycles. The molecule has 15 heavy (non-hydrogen) atoms. The van der Waals surface area contributed by atoms with E-state index in [4.69, 9.17) is 0 Å². The van der Waals surface area contributed by atoms with Crippen LogP contribution in [0.5, 0.6) is 0 Å². The van der Waals surface area contributed by atoms with Crippen molar-refractivity contribution in [2.24, 2.45) is 5.92 Å². The number of hydrogen-bond acceptors (Lipinski definition) is 2. The molecule has 1 unspecified atom stereocenters. The van der Waals surface area contributed by atoms with Crippen LogP contribution < -0.4 is 5.32 Å². The van der Waals surface area contributed by atoms with E-state index in [-0.39, 0.29) is 0 Å². The summed E-state index contributed by atoms with van der Waals surface area (Å²) in [6, 6.07) is 2.55. The van der Waals surface area contributed by atoms with Crippen molar-refractivity contribution >= 4 is 15.9 Å². The zero-order valence-electron chi connectivity index (χ0n) is 9.63. The minimum absolute atomic E-state index is 0.414. The lowest BCUT2D eigenvalue weighted by atomic mass is 9.99. The van der Waals surface area contributed by atoms with Crippen LogP contribution in [0.25, 0.3) is 0 Å². The minimum atomic E-state index is 0.414. The second-order valence-corrected chi connectivity index (χ2v) is 5.16. The molecule has 0 fully saturated rings. The molecule has 0 bridgehead atoms. The second kappa shape index (κ2) is 6.23. The standard InChI is InChI=1S/C12H19BrN2/c1-9(2)4-5-12(14-3)10-6-11(13)8-15-7-10/h6-9,12,14H,4-5H2,1-3H3. The fourth-order valence-corrected chi connectivity index (χ4v) is 1.98. The third-order valence-electron chi connectivity index (χ3n) is 2.51. The van der Waals surface area contributed by atoms with Crippen LogP contribution in [0.2, 0.25) is 0 Å². The first-order valence-corrected chi connectivity index (χ1v) is 6.20. The van der Waals surface area contributed by atoms with Crippen molar-refractivity contribution in [1.82, 2.24) is 10.3 Å². The average Bonchev–Trinajstić information content (AvgIpc) is 2.18. The lowest BCUT2D eigenvalue weighted by Gasteiger charge is -2.17. The highest BCUT2D eigenvalue weighted by atomic mass is 79.9. The van der Waals surface area contributed by atoms with E-state index in [1.54, 1.807) is 0 Å². The van der Waals surface area contributed by atoms with E-state index in [0.29, 0.717) is 6.04 Å². The predicted molar refractivity (Wildman–Crippen MR) is 67.8 cm³/mol. The van der Waals surface area contributed by atoms with Crippen LogP contribution in [0.3, 0.4) is 0 Å². The molecule has 1 aromatic rings. The van der Waals surface area contributed by atoms with Gasteiger partial charge in [0.2, 0.25) is 0 Å². The van der Waals surface area contributed by atoms with Crippen molar-refractivity contribution in [3.05, 3.63) is 28.5 Å². The topological polar surface area (TPSA) is 24.9 Å². The van der Waals surface area contributed by atoms with E-state index in [1.807, 2.05) is 19.4 Å². The van der Waals surface area contributed by atoms with Crippen molar-refractivity contribution in [1.29, 1.82) is 0 Å². The third-order valence-corrected chi connectivity index (χ3v) is 2.94. The number of rotatable bonds is 5. The zero-order valence-corrected chi connectivity index (χ0v) is 11.2. The van der Waals surface area contributed by atoms with Gasteiger partial charge in [0.25, 0.3) is 0 Å². The van der Waals surface area contributed by atoms with Gasteiger partial charge in [-0.25, -0.2) is 0 Å². The van der Waals surface area contributed by atoms with Crippen LogP contribution in [0, 0.1) is 5.92 Å². The first kappa shape index (κ1) is 12.7. The lowest BCUT2D eigenvalue weighted by molar-refractivity contribution is 0.464. The molecule has 0 aliphatic rings. The molecule has 0 radical (unpaired) electrons. The first-order chi connectivity index (χ1) is 7.13. The largest absolute Gasteiger partial charge is 0.313 e. The van der Waals surface area contributed by atoms with Gasteiger partial charge in [0.15, 0.2) is 0 Å². The predicted octanol–water partition coefficient (Wildman–Crippen LogP) is 3.54. The van der Waals surface area contributed by atoms with Crippen LogP contribution in [-0.4, -0.2) is 12.0 Å². The van der Waals surface area contributed by atoms with Gasteiger partial charge in [0.1, 0.15) is 0 Å². The highest BCUT2D eigenvalue weighted by Gasteiger charge is 2.10. The van der Waals surface area contributed by atoms with E-state index >= 15 is 0 Å². The van der Waals surface area contributed by atoms with Gasteiger partial charge >= 0.3 is 0 Å². The van der Waals surface area contributed by atoms with Crippen molar-refractivity contribution < 1.29 is 0 Å². The highest BCUT2D eigenvalue weighted by Crippen LogP contribution is 2.22. The molecule has 1 heterocycles. The normalized spacial score (nSPS) is 13.1. The number of hydrogen-bond donors (Lipinski definition) is 1. The molecule has 0 spiro atoms. The Hall–Kier alpha value is -0.410. The zero-order chi connectivity index (χ0) is 11.3. The molecule has 1 atom stereocenters. The molecule has 0 aliphatic heterocycles. The fraction of sp³-hybridized carbons (Fsp3) is 0.583. The van der Waals surface area contributed by atoms with E-state index in [0.717, 1.165) is 16.8 Å². The molecule has 1 N–H and O–H groups in total. The Labute approximate surface area is 101 Å². The summed E-state index contributed by atoms with van der Waals surface area (Å²) in [4.78, 5) is 4.19. The van der Waals surface area contributed by atoms with E-state index in [1.165, 1.54) is 12.0 Å². The van der Waals surface area contributed by atoms with Gasteiger partial charge in [0.05, 0.1) is 0 Å².